The number of anilines is 1. The van der Waals surface area contributed by atoms with E-state index in [0.29, 0.717) is 17.8 Å². The predicted octanol–water partition coefficient (Wildman–Crippen LogP) is 2.01. The number of benzene rings is 1. The van der Waals surface area contributed by atoms with Gasteiger partial charge in [-0.05, 0) is 11.6 Å². The van der Waals surface area contributed by atoms with Gasteiger partial charge >= 0.3 is 5.97 Å². The third kappa shape index (κ3) is 2.04. The molecule has 2 rings (SSSR count). The van der Waals surface area contributed by atoms with Crippen LogP contribution < -0.4 is 5.73 Å². The van der Waals surface area contributed by atoms with Crippen LogP contribution in [0.25, 0.3) is 0 Å². The molecule has 0 unspecified atom stereocenters. The second kappa shape index (κ2) is 4.32. The fraction of sp³-hybridized carbons (Fsp3) is 0.0909. The Morgan fingerprint density at radius 3 is 2.88 bits per heavy atom. The molecule has 0 aliphatic rings. The smallest absolute Gasteiger partial charge is 0.347 e. The van der Waals surface area contributed by atoms with Gasteiger partial charge in [-0.15, -0.1) is 11.3 Å². The summed E-state index contributed by atoms with van der Waals surface area (Å²) < 4.78 is 0. The molecule has 0 saturated carbocycles. The normalized spacial score (nSPS) is 10.2. The van der Waals surface area contributed by atoms with Crippen LogP contribution in [0.2, 0.25) is 0 Å². The highest BCUT2D eigenvalue weighted by molar-refractivity contribution is 7.11. The van der Waals surface area contributed by atoms with Crippen molar-refractivity contribution in [2.75, 3.05) is 5.73 Å². The van der Waals surface area contributed by atoms with Gasteiger partial charge in [-0.1, -0.05) is 18.2 Å². The topological polar surface area (TPSA) is 76.2 Å². The van der Waals surface area contributed by atoms with E-state index in [1.807, 2.05) is 18.2 Å². The molecule has 0 atom stereocenters. The van der Waals surface area contributed by atoms with Crippen molar-refractivity contribution >= 4 is 23.0 Å². The monoisotopic (exact) mass is 234 g/mol. The van der Waals surface area contributed by atoms with Crippen LogP contribution in [0, 0.1) is 0 Å². The van der Waals surface area contributed by atoms with Crippen LogP contribution in [-0.2, 0) is 6.42 Å². The maximum Gasteiger partial charge on any atom is 0.347 e. The molecule has 1 aromatic heterocycles. The number of rotatable bonds is 3. The molecule has 0 fully saturated rings. The quantitative estimate of drug-likeness (QED) is 0.796. The van der Waals surface area contributed by atoms with E-state index in [9.17, 15) is 4.79 Å². The van der Waals surface area contributed by atoms with Crippen molar-refractivity contribution in [3.63, 3.8) is 0 Å². The maximum atomic E-state index is 10.9. The van der Waals surface area contributed by atoms with Crippen molar-refractivity contribution in [1.29, 1.82) is 0 Å². The van der Waals surface area contributed by atoms with Crippen molar-refractivity contribution in [2.45, 2.75) is 6.42 Å². The molecule has 1 aromatic carbocycles. The molecular formula is C11H10N2O2S. The number of carbonyl (C=O) groups is 1. The first-order valence-corrected chi connectivity index (χ1v) is 5.55. The molecular weight excluding hydrogens is 224 g/mol. The molecule has 0 radical (unpaired) electrons. The molecule has 1 heterocycles. The van der Waals surface area contributed by atoms with Crippen molar-refractivity contribution in [3.8, 4) is 0 Å². The maximum absolute atomic E-state index is 10.9. The highest BCUT2D eigenvalue weighted by Crippen LogP contribution is 2.20. The van der Waals surface area contributed by atoms with Gasteiger partial charge in [0.05, 0.1) is 11.2 Å². The molecule has 0 spiro atoms. The van der Waals surface area contributed by atoms with Crippen LogP contribution >= 0.6 is 11.3 Å². The summed E-state index contributed by atoms with van der Waals surface area (Å²) in [6.07, 6.45) is 0.456. The van der Waals surface area contributed by atoms with E-state index < -0.39 is 5.97 Å². The van der Waals surface area contributed by atoms with Gasteiger partial charge in [0.15, 0.2) is 0 Å². The van der Waals surface area contributed by atoms with Gasteiger partial charge in [0, 0.05) is 12.1 Å². The first-order chi connectivity index (χ1) is 7.68. The first kappa shape index (κ1) is 10.6. The second-order valence-electron chi connectivity index (χ2n) is 3.31. The van der Waals surface area contributed by atoms with E-state index >= 15 is 0 Å². The number of aromatic nitrogens is 1. The standard InChI is InChI=1S/C11H10N2O2S/c12-8-4-2-1-3-7(8)5-9-10(11(14)15)16-6-13-9/h1-4,6H,5,12H2,(H,14,15). The Kier molecular flexibility index (Phi) is 2.87. The van der Waals surface area contributed by atoms with E-state index in [1.165, 1.54) is 5.51 Å². The summed E-state index contributed by atoms with van der Waals surface area (Å²) in [6.45, 7) is 0. The lowest BCUT2D eigenvalue weighted by molar-refractivity contribution is 0.0701. The van der Waals surface area contributed by atoms with Gasteiger partial charge in [0.2, 0.25) is 0 Å². The number of thiazole rings is 1. The minimum atomic E-state index is -0.938. The SMILES string of the molecule is Nc1ccccc1Cc1ncsc1C(=O)O. The van der Waals surface area contributed by atoms with Crippen molar-refractivity contribution in [1.82, 2.24) is 4.98 Å². The predicted molar refractivity (Wildman–Crippen MR) is 62.7 cm³/mol. The molecule has 5 heteroatoms. The zero-order chi connectivity index (χ0) is 11.5. The number of hydrogen-bond donors (Lipinski definition) is 2. The summed E-state index contributed by atoms with van der Waals surface area (Å²) in [7, 11) is 0. The highest BCUT2D eigenvalue weighted by atomic mass is 32.1. The second-order valence-corrected chi connectivity index (χ2v) is 4.16. The van der Waals surface area contributed by atoms with Crippen molar-refractivity contribution < 1.29 is 9.90 Å². The number of aromatic carboxylic acids is 1. The summed E-state index contributed by atoms with van der Waals surface area (Å²) in [5.74, 6) is -0.938. The number of hydrogen-bond acceptors (Lipinski definition) is 4. The Bertz CT molecular complexity index is 522. The van der Waals surface area contributed by atoms with Crippen LogP contribution in [0.1, 0.15) is 20.9 Å². The third-order valence-corrected chi connectivity index (χ3v) is 3.11. The minimum absolute atomic E-state index is 0.281. The van der Waals surface area contributed by atoms with Gasteiger partial charge in [0.1, 0.15) is 4.88 Å². The van der Waals surface area contributed by atoms with E-state index in [1.54, 1.807) is 6.07 Å². The van der Waals surface area contributed by atoms with Crippen molar-refractivity contribution in [3.05, 3.63) is 45.9 Å². The first-order valence-electron chi connectivity index (χ1n) is 4.67. The van der Waals surface area contributed by atoms with Crippen molar-refractivity contribution in [2.24, 2.45) is 0 Å². The molecule has 3 N–H and O–H groups in total. The Balaban J connectivity index is 2.31. The molecule has 16 heavy (non-hydrogen) atoms. The third-order valence-electron chi connectivity index (χ3n) is 2.25. The average molecular weight is 234 g/mol. The fourth-order valence-electron chi connectivity index (χ4n) is 1.44. The van der Waals surface area contributed by atoms with E-state index in [4.69, 9.17) is 10.8 Å². The summed E-state index contributed by atoms with van der Waals surface area (Å²) in [6, 6.07) is 7.39. The van der Waals surface area contributed by atoms with Gasteiger partial charge < -0.3 is 10.8 Å². The van der Waals surface area contributed by atoms with Gasteiger partial charge in [-0.3, -0.25) is 0 Å². The highest BCUT2D eigenvalue weighted by Gasteiger charge is 2.14. The summed E-state index contributed by atoms with van der Waals surface area (Å²) in [4.78, 5) is 15.2. The number of carboxylic acid groups (broad SMARTS) is 1. The molecule has 0 aliphatic carbocycles. The van der Waals surface area contributed by atoms with Crippen LogP contribution in [0.15, 0.2) is 29.8 Å². The molecule has 0 saturated heterocycles. The van der Waals surface area contributed by atoms with Crippen LogP contribution in [0.5, 0.6) is 0 Å². The van der Waals surface area contributed by atoms with E-state index in [-0.39, 0.29) is 4.88 Å². The Morgan fingerprint density at radius 1 is 1.44 bits per heavy atom. The van der Waals surface area contributed by atoms with Crippen LogP contribution in [-0.4, -0.2) is 16.1 Å². The van der Waals surface area contributed by atoms with E-state index in [0.717, 1.165) is 16.9 Å². The lowest BCUT2D eigenvalue weighted by Gasteiger charge is -2.03. The summed E-state index contributed by atoms with van der Waals surface area (Å²) >= 11 is 1.13. The fourth-order valence-corrected chi connectivity index (χ4v) is 2.09. The molecule has 4 nitrogen and oxygen atoms in total. The average Bonchev–Trinajstić information content (AvgIpc) is 2.69. The lowest BCUT2D eigenvalue weighted by atomic mass is 10.1. The van der Waals surface area contributed by atoms with E-state index in [2.05, 4.69) is 4.98 Å². The Labute approximate surface area is 96.4 Å². The minimum Gasteiger partial charge on any atom is -0.477 e. The number of nitrogens with zero attached hydrogens (tertiary/aromatic N) is 1. The summed E-state index contributed by atoms with van der Waals surface area (Å²) in [5, 5.41) is 8.94. The van der Waals surface area contributed by atoms with Gasteiger partial charge in [-0.25, -0.2) is 9.78 Å². The molecule has 0 aliphatic heterocycles. The van der Waals surface area contributed by atoms with Gasteiger partial charge in [-0.2, -0.15) is 0 Å². The molecule has 82 valence electrons. The molecule has 0 amide bonds. The largest absolute Gasteiger partial charge is 0.477 e. The Hall–Kier alpha value is -1.88. The zero-order valence-electron chi connectivity index (χ0n) is 8.38. The number of para-hydroxylation sites is 1. The van der Waals surface area contributed by atoms with Gasteiger partial charge in [0.25, 0.3) is 0 Å². The molecule has 2 aromatic rings. The number of carboxylic acids is 1. The Morgan fingerprint density at radius 2 is 2.19 bits per heavy atom. The van der Waals surface area contributed by atoms with Crippen LogP contribution in [0.4, 0.5) is 5.69 Å². The molecule has 0 bridgehead atoms. The number of nitrogen functional groups attached to an aromatic ring is 1. The lowest BCUT2D eigenvalue weighted by Crippen LogP contribution is -2.01. The number of nitrogens with two attached hydrogens (primary N) is 1. The summed E-state index contributed by atoms with van der Waals surface area (Å²) in [5.41, 5.74) is 9.45. The van der Waals surface area contributed by atoms with Crippen LogP contribution in [0.3, 0.4) is 0 Å². The zero-order valence-corrected chi connectivity index (χ0v) is 9.20.